The van der Waals surface area contributed by atoms with Gasteiger partial charge in [0.1, 0.15) is 19.3 Å². The molecule has 0 saturated heterocycles. The zero-order valence-electron chi connectivity index (χ0n) is 60.0. The van der Waals surface area contributed by atoms with Crippen LogP contribution in [0.5, 0.6) is 0 Å². The first-order valence-electron chi connectivity index (χ1n) is 37.8. The van der Waals surface area contributed by atoms with Crippen LogP contribution in [0.1, 0.15) is 370 Å². The van der Waals surface area contributed by atoms with Crippen LogP contribution in [0.4, 0.5) is 0 Å². The van der Waals surface area contributed by atoms with Crippen LogP contribution in [0.3, 0.4) is 0 Å². The van der Waals surface area contributed by atoms with Gasteiger partial charge in [0.15, 0.2) is 12.2 Å². The van der Waals surface area contributed by atoms with E-state index in [1.165, 1.54) is 173 Å². The normalized spacial score (nSPS) is 14.1. The van der Waals surface area contributed by atoms with Crippen LogP contribution in [-0.4, -0.2) is 96.7 Å². The van der Waals surface area contributed by atoms with E-state index < -0.39 is 97.5 Å². The lowest BCUT2D eigenvalue weighted by atomic mass is 10.0. The van der Waals surface area contributed by atoms with Crippen LogP contribution >= 0.6 is 15.6 Å². The summed E-state index contributed by atoms with van der Waals surface area (Å²) in [5, 5.41) is 10.6. The third kappa shape index (κ3) is 66.7. The second-order valence-electron chi connectivity index (χ2n) is 27.8. The molecule has 5 atom stereocenters. The topological polar surface area (TPSA) is 237 Å². The zero-order valence-corrected chi connectivity index (χ0v) is 61.8. The van der Waals surface area contributed by atoms with Crippen molar-refractivity contribution in [3.8, 4) is 0 Å². The lowest BCUT2D eigenvalue weighted by molar-refractivity contribution is -0.161. The monoisotopic (exact) mass is 1350 g/mol. The predicted octanol–water partition coefficient (Wildman–Crippen LogP) is 21.0. The molecule has 0 aromatic heterocycles. The fourth-order valence-corrected chi connectivity index (χ4v) is 12.7. The maximum atomic E-state index is 13.1. The molecule has 0 heterocycles. The molecule has 0 spiro atoms. The van der Waals surface area contributed by atoms with Gasteiger partial charge >= 0.3 is 39.5 Å². The molecular weight excluding hydrogens is 1210 g/mol. The molecule has 546 valence electrons. The van der Waals surface area contributed by atoms with Gasteiger partial charge in [-0.25, -0.2) is 9.13 Å². The van der Waals surface area contributed by atoms with Crippen molar-refractivity contribution >= 4 is 39.5 Å². The summed E-state index contributed by atoms with van der Waals surface area (Å²) in [6, 6.07) is 0. The number of hydrogen-bond donors (Lipinski definition) is 3. The Hall–Kier alpha value is -1.94. The SMILES string of the molecule is CCCCCCCCCCCCCCCCCCC(=O)O[C@H](COC(=O)CCCCCCCCCCCCCCC(C)C)COP(=O)(O)OC[C@@H](O)COP(=O)(O)OC[C@@H](COC(=O)CCCCCCCCCC(C)C)OC(=O)CCCCCCCCCCC(C)C. The molecule has 0 amide bonds. The van der Waals surface area contributed by atoms with Crippen molar-refractivity contribution in [2.75, 3.05) is 39.6 Å². The summed E-state index contributed by atoms with van der Waals surface area (Å²) in [4.78, 5) is 72.7. The molecule has 0 aromatic carbocycles. The third-order valence-electron chi connectivity index (χ3n) is 16.9. The number of carbonyl (C=O) groups is 4. The average molecular weight is 1350 g/mol. The average Bonchev–Trinajstić information content (AvgIpc) is 2.88. The number of unbranched alkanes of at least 4 members (excludes halogenated alkanes) is 39. The highest BCUT2D eigenvalue weighted by Crippen LogP contribution is 2.45. The number of hydrogen-bond acceptors (Lipinski definition) is 15. The van der Waals surface area contributed by atoms with Crippen LogP contribution in [0, 0.1) is 17.8 Å². The minimum atomic E-state index is -4.96. The van der Waals surface area contributed by atoms with E-state index in [1.807, 2.05) is 0 Å². The van der Waals surface area contributed by atoms with Crippen LogP contribution in [0.25, 0.3) is 0 Å². The number of aliphatic hydroxyl groups is 1. The van der Waals surface area contributed by atoms with Gasteiger partial charge in [0.2, 0.25) is 0 Å². The van der Waals surface area contributed by atoms with Crippen molar-refractivity contribution in [2.45, 2.75) is 388 Å². The maximum Gasteiger partial charge on any atom is 0.472 e. The van der Waals surface area contributed by atoms with E-state index in [0.717, 1.165) is 108 Å². The highest BCUT2D eigenvalue weighted by atomic mass is 31.2. The van der Waals surface area contributed by atoms with E-state index >= 15 is 0 Å². The summed E-state index contributed by atoms with van der Waals surface area (Å²) in [7, 11) is -9.91. The number of rotatable bonds is 71. The molecule has 3 N–H and O–H groups in total. The largest absolute Gasteiger partial charge is 0.472 e. The number of carbonyl (C=O) groups excluding carboxylic acids is 4. The van der Waals surface area contributed by atoms with Gasteiger partial charge in [0.25, 0.3) is 0 Å². The minimum Gasteiger partial charge on any atom is -0.462 e. The molecule has 19 heteroatoms. The molecule has 0 bridgehead atoms. The molecule has 0 aromatic rings. The van der Waals surface area contributed by atoms with Crippen molar-refractivity contribution in [1.82, 2.24) is 0 Å². The molecule has 0 aliphatic rings. The van der Waals surface area contributed by atoms with Crippen molar-refractivity contribution in [2.24, 2.45) is 17.8 Å². The number of esters is 4. The summed E-state index contributed by atoms with van der Waals surface area (Å²) in [6.07, 6.45) is 48.7. The van der Waals surface area contributed by atoms with E-state index in [9.17, 15) is 43.2 Å². The first kappa shape index (κ1) is 90.1. The molecule has 0 radical (unpaired) electrons. The van der Waals surface area contributed by atoms with E-state index in [2.05, 4.69) is 48.5 Å². The van der Waals surface area contributed by atoms with Gasteiger partial charge in [0.05, 0.1) is 26.4 Å². The van der Waals surface area contributed by atoms with Crippen molar-refractivity contribution in [3.63, 3.8) is 0 Å². The molecule has 0 aliphatic heterocycles. The second kappa shape index (κ2) is 63.8. The van der Waals surface area contributed by atoms with Gasteiger partial charge in [-0.15, -0.1) is 0 Å². The highest BCUT2D eigenvalue weighted by Gasteiger charge is 2.30. The van der Waals surface area contributed by atoms with Gasteiger partial charge in [-0.2, -0.15) is 0 Å². The molecule has 17 nitrogen and oxygen atoms in total. The molecular formula is C73H142O17P2. The fourth-order valence-electron chi connectivity index (χ4n) is 11.1. The Morgan fingerprint density at radius 2 is 0.500 bits per heavy atom. The van der Waals surface area contributed by atoms with Crippen LogP contribution in [-0.2, 0) is 65.4 Å². The number of aliphatic hydroxyl groups excluding tert-OH is 1. The summed E-state index contributed by atoms with van der Waals surface area (Å²) < 4.78 is 68.4. The lowest BCUT2D eigenvalue weighted by Crippen LogP contribution is -2.30. The first-order chi connectivity index (χ1) is 44.2. The number of phosphoric acid groups is 2. The van der Waals surface area contributed by atoms with Gasteiger partial charge < -0.3 is 33.8 Å². The van der Waals surface area contributed by atoms with E-state index in [4.69, 9.17) is 37.0 Å². The van der Waals surface area contributed by atoms with E-state index in [-0.39, 0.29) is 25.7 Å². The minimum absolute atomic E-state index is 0.104. The summed E-state index contributed by atoms with van der Waals surface area (Å²) in [5.74, 6) is 0.0817. The first-order valence-corrected chi connectivity index (χ1v) is 40.8. The Morgan fingerprint density at radius 3 is 0.739 bits per heavy atom. The van der Waals surface area contributed by atoms with Crippen LogP contribution in [0.15, 0.2) is 0 Å². The number of phosphoric ester groups is 2. The van der Waals surface area contributed by atoms with Gasteiger partial charge in [-0.1, -0.05) is 318 Å². The smallest absolute Gasteiger partial charge is 0.462 e. The van der Waals surface area contributed by atoms with Crippen LogP contribution in [0.2, 0.25) is 0 Å². The van der Waals surface area contributed by atoms with E-state index in [1.54, 1.807) is 0 Å². The van der Waals surface area contributed by atoms with Gasteiger partial charge in [-0.3, -0.25) is 37.3 Å². The van der Waals surface area contributed by atoms with Gasteiger partial charge in [0, 0.05) is 25.7 Å². The van der Waals surface area contributed by atoms with Gasteiger partial charge in [-0.05, 0) is 43.4 Å². The summed E-state index contributed by atoms with van der Waals surface area (Å²) in [6.45, 7) is 11.8. The van der Waals surface area contributed by atoms with Crippen LogP contribution < -0.4 is 0 Å². The van der Waals surface area contributed by atoms with E-state index in [0.29, 0.717) is 31.6 Å². The predicted molar refractivity (Wildman–Crippen MR) is 372 cm³/mol. The standard InChI is InChI=1S/C73H142O17P2/c1-8-9-10-11-12-13-14-15-16-17-18-23-26-34-42-49-56-72(77)89-68(60-83-70(75)54-47-40-33-25-22-20-19-21-24-30-37-44-51-64(2)3)62-87-91(79,80)85-58-67(74)59-86-92(81,82)88-63-69(61-84-71(76)55-48-41-36-29-32-39-46-53-66(6)7)90-73(78)57-50-43-35-28-27-31-38-45-52-65(4)5/h64-69,74H,8-63H2,1-7H3,(H,79,80)(H,81,82)/t67-,68-,69-/m1/s1. The highest BCUT2D eigenvalue weighted by molar-refractivity contribution is 7.47. The quantitative estimate of drug-likeness (QED) is 0.0222. The molecule has 0 saturated carbocycles. The summed E-state index contributed by atoms with van der Waals surface area (Å²) >= 11 is 0. The molecule has 0 aliphatic carbocycles. The lowest BCUT2D eigenvalue weighted by Gasteiger charge is -2.21. The maximum absolute atomic E-state index is 13.1. The Balaban J connectivity index is 5.25. The van der Waals surface area contributed by atoms with Crippen molar-refractivity contribution < 1.29 is 80.2 Å². The fraction of sp³-hybridized carbons (Fsp3) is 0.945. The Kier molecular flexibility index (Phi) is 62.4. The molecule has 2 unspecified atom stereocenters. The number of ether oxygens (including phenoxy) is 4. The third-order valence-corrected chi connectivity index (χ3v) is 18.8. The Bertz CT molecular complexity index is 1800. The zero-order chi connectivity index (χ0) is 68.0. The molecule has 0 fully saturated rings. The molecule has 92 heavy (non-hydrogen) atoms. The van der Waals surface area contributed by atoms with Crippen molar-refractivity contribution in [1.29, 1.82) is 0 Å². The summed E-state index contributed by atoms with van der Waals surface area (Å²) in [5.41, 5.74) is 0. The second-order valence-corrected chi connectivity index (χ2v) is 30.7. The Labute approximate surface area is 562 Å². The Morgan fingerprint density at radius 1 is 0.293 bits per heavy atom. The van der Waals surface area contributed by atoms with Crippen molar-refractivity contribution in [3.05, 3.63) is 0 Å². The molecule has 0 rings (SSSR count).